The molecule has 22 N–H and O–H groups in total. The Morgan fingerprint density at radius 3 is 1.49 bits per heavy atom. The third-order valence-electron chi connectivity index (χ3n) is 16.1. The zero-order valence-electron chi connectivity index (χ0n) is 56.7. The number of rotatable bonds is 46. The molecule has 0 saturated carbocycles. The summed E-state index contributed by atoms with van der Waals surface area (Å²) in [6, 6.07) is 0.552. The Morgan fingerprint density at radius 1 is 0.469 bits per heavy atom. The van der Waals surface area contributed by atoms with E-state index in [1.54, 1.807) is 88.5 Å². The molecule has 32 nitrogen and oxygen atoms in total. The van der Waals surface area contributed by atoms with Crippen LogP contribution in [0.3, 0.4) is 0 Å². The maximum Gasteiger partial charge on any atom is 0.326 e. The van der Waals surface area contributed by atoms with Crippen molar-refractivity contribution in [1.82, 2.24) is 58.2 Å². The molecular formula is C66H101N15O17. The highest BCUT2D eigenvalue weighted by Crippen LogP contribution is 2.20. The van der Waals surface area contributed by atoms with Crippen molar-refractivity contribution in [1.29, 1.82) is 0 Å². The Labute approximate surface area is 569 Å². The second-order valence-electron chi connectivity index (χ2n) is 25.3. The summed E-state index contributed by atoms with van der Waals surface area (Å²) >= 11 is 0. The summed E-state index contributed by atoms with van der Waals surface area (Å²) in [6.07, 6.45) is -0.0976. The number of nitrogens with two attached hydrogens (primary N) is 4. The monoisotopic (exact) mass is 1380 g/mol. The standard InChI is InChI=1S/C66H101N15O17/c1-8-37(6)56(66(97)98)80-62(93)46(28-40-33-71-43-24-16-15-23-42(40)43)74-54(88)34-72-64(95)57(38(7)82)81-58(89)44(25-17-18-26-67)75-60(91)48(31-51(69)85)77-61(92)49(32-52(70)86)76-59(90)45(27-39-20-12-10-13-21-39)78-65(96)55(36(4)5)79-63(94)47(30-50(68)84)73-53(87)29-41(83)22-14-9-11-19-35(2)3/h10,12-13,15-16,20-21,23-24,33,35-38,41,44-49,55-57,71,82-83H,8-9,11,14,17-19,22,25-32,34,67H2,1-7H3,(H2,68,84)(H2,69,85)(H2,70,86)(H,72,95)(H,73,87)(H,74,88)(H,75,91)(H,76,90)(H,77,92)(H,78,96)(H,79,94)(H,80,93)(H,81,89)(H,97,98)/t37-,38+,41?,44-,45+,46+,47+,48+,49-,55+,56+,57+/m0/s1. The minimum Gasteiger partial charge on any atom is -0.480 e. The molecule has 0 aliphatic heterocycles. The minimum atomic E-state index is -1.95. The molecule has 0 radical (unpaired) electrons. The number of unbranched alkanes of at least 4 members (excludes halogenated alkanes) is 3. The van der Waals surface area contributed by atoms with E-state index in [-0.39, 0.29) is 32.2 Å². The number of primary amides is 3. The molecule has 1 aromatic heterocycles. The second-order valence-corrected chi connectivity index (χ2v) is 25.3. The van der Waals surface area contributed by atoms with Crippen LogP contribution < -0.4 is 76.1 Å². The number of hydrogen-bond donors (Lipinski definition) is 18. The first-order valence-corrected chi connectivity index (χ1v) is 33.0. The van der Waals surface area contributed by atoms with Gasteiger partial charge in [-0.05, 0) is 74.1 Å². The van der Waals surface area contributed by atoms with Gasteiger partial charge >= 0.3 is 5.97 Å². The molecule has 3 rings (SSSR count). The number of hydrogen-bond acceptors (Lipinski definition) is 17. The van der Waals surface area contributed by atoms with Crippen LogP contribution in [0.4, 0.5) is 0 Å². The molecule has 0 aliphatic rings. The highest BCUT2D eigenvalue weighted by molar-refractivity contribution is 6.01. The first-order valence-electron chi connectivity index (χ1n) is 33.0. The Hall–Kier alpha value is -9.56. The summed E-state index contributed by atoms with van der Waals surface area (Å²) in [6.45, 7) is 11.1. The quantitative estimate of drug-likeness (QED) is 0.0265. The van der Waals surface area contributed by atoms with Crippen LogP contribution in [0.1, 0.15) is 143 Å². The van der Waals surface area contributed by atoms with Crippen molar-refractivity contribution < 1.29 is 82.4 Å². The number of aliphatic hydroxyl groups excluding tert-OH is 2. The number of H-pyrrole nitrogens is 1. The van der Waals surface area contributed by atoms with Crippen molar-refractivity contribution in [2.45, 2.75) is 211 Å². The van der Waals surface area contributed by atoms with E-state index in [0.717, 1.165) is 31.7 Å². The summed E-state index contributed by atoms with van der Waals surface area (Å²) in [5.41, 5.74) is 24.0. The predicted octanol–water partition coefficient (Wildman–Crippen LogP) is -2.29. The van der Waals surface area contributed by atoms with Gasteiger partial charge < -0.3 is 96.4 Å². The lowest BCUT2D eigenvalue weighted by Gasteiger charge is -2.28. The van der Waals surface area contributed by atoms with Gasteiger partial charge in [0.05, 0.1) is 44.4 Å². The third-order valence-corrected chi connectivity index (χ3v) is 16.1. The predicted molar refractivity (Wildman–Crippen MR) is 359 cm³/mol. The van der Waals surface area contributed by atoms with Crippen molar-refractivity contribution >= 4 is 93.7 Å². The van der Waals surface area contributed by atoms with Crippen LogP contribution in [0.15, 0.2) is 60.8 Å². The number of amides is 13. The van der Waals surface area contributed by atoms with E-state index in [2.05, 4.69) is 72.0 Å². The SMILES string of the molecule is CC[C@H](C)[C@@H](NC(=O)[C@@H](Cc1c[nH]c2ccccc12)NC(=O)CNC(=O)[C@H](NC(=O)[C@H](CCCCN)NC(=O)[C@@H](CC(N)=O)NC(=O)[C@H](CC(N)=O)NC(=O)[C@@H](Cc1ccccc1)NC(=O)[C@H](NC(=O)[C@@H](CC(N)=O)NC(=O)CC(O)CCCCCC(C)C)C(C)C)[C@@H](C)O)C(=O)O. The van der Waals surface area contributed by atoms with Crippen LogP contribution in [0.25, 0.3) is 10.9 Å². The van der Waals surface area contributed by atoms with E-state index in [9.17, 15) is 82.4 Å². The fraction of sp³-hybridized carbons (Fsp3) is 0.576. The van der Waals surface area contributed by atoms with E-state index in [4.69, 9.17) is 22.9 Å². The molecule has 542 valence electrons. The van der Waals surface area contributed by atoms with Gasteiger partial charge in [0.15, 0.2) is 0 Å². The van der Waals surface area contributed by atoms with Crippen molar-refractivity contribution in [3.05, 3.63) is 71.9 Å². The molecule has 0 bridgehead atoms. The first kappa shape index (κ1) is 82.7. The number of para-hydroxylation sites is 1. The van der Waals surface area contributed by atoms with Gasteiger partial charge in [0.25, 0.3) is 0 Å². The molecule has 0 saturated heterocycles. The molecular weight excluding hydrogens is 1270 g/mol. The van der Waals surface area contributed by atoms with E-state index in [1.807, 2.05) is 0 Å². The van der Waals surface area contributed by atoms with Gasteiger partial charge in [-0.1, -0.05) is 122 Å². The highest BCUT2D eigenvalue weighted by Gasteiger charge is 2.38. The molecule has 0 fully saturated rings. The van der Waals surface area contributed by atoms with Crippen molar-refractivity contribution in [2.75, 3.05) is 13.1 Å². The van der Waals surface area contributed by atoms with Crippen LogP contribution in [-0.4, -0.2) is 183 Å². The zero-order chi connectivity index (χ0) is 73.3. The number of benzene rings is 2. The van der Waals surface area contributed by atoms with Gasteiger partial charge in [0.2, 0.25) is 76.8 Å². The zero-order valence-corrected chi connectivity index (χ0v) is 56.7. The molecule has 3 aromatic rings. The molecule has 1 heterocycles. The average Bonchev–Trinajstić information content (AvgIpc) is 1.61. The first-order chi connectivity index (χ1) is 46.2. The molecule has 13 amide bonds. The summed E-state index contributed by atoms with van der Waals surface area (Å²) in [7, 11) is 0. The Bertz CT molecular complexity index is 3200. The van der Waals surface area contributed by atoms with Crippen LogP contribution in [0.5, 0.6) is 0 Å². The minimum absolute atomic E-state index is 0.120. The van der Waals surface area contributed by atoms with Crippen LogP contribution >= 0.6 is 0 Å². The number of aliphatic carboxylic acids is 1. The highest BCUT2D eigenvalue weighted by atomic mass is 16.4. The van der Waals surface area contributed by atoms with Gasteiger partial charge in [0.1, 0.15) is 54.4 Å². The van der Waals surface area contributed by atoms with Gasteiger partial charge in [-0.25, -0.2) is 4.79 Å². The normalized spacial score (nSPS) is 14.9. The van der Waals surface area contributed by atoms with Gasteiger partial charge in [-0.3, -0.25) is 62.3 Å². The molecule has 98 heavy (non-hydrogen) atoms. The number of aromatic amines is 1. The molecule has 0 aliphatic carbocycles. The number of nitrogens with one attached hydrogen (secondary N) is 11. The van der Waals surface area contributed by atoms with E-state index >= 15 is 0 Å². The average molecular weight is 1380 g/mol. The third kappa shape index (κ3) is 29.4. The number of carboxylic acid groups (broad SMARTS) is 1. The fourth-order valence-electron chi connectivity index (χ4n) is 10.4. The Balaban J connectivity index is 1.84. The van der Waals surface area contributed by atoms with Gasteiger partial charge in [-0.15, -0.1) is 0 Å². The summed E-state index contributed by atoms with van der Waals surface area (Å²) in [5, 5.41) is 56.2. The number of aromatic nitrogens is 1. The van der Waals surface area contributed by atoms with Crippen LogP contribution in [0, 0.1) is 17.8 Å². The van der Waals surface area contributed by atoms with E-state index < -0.39 is 193 Å². The smallest absolute Gasteiger partial charge is 0.326 e. The summed E-state index contributed by atoms with van der Waals surface area (Å²) in [4.78, 5) is 192. The number of carboxylic acids is 1. The number of aliphatic hydroxyl groups is 2. The molecule has 1 unspecified atom stereocenters. The maximum absolute atomic E-state index is 14.4. The van der Waals surface area contributed by atoms with E-state index in [1.165, 1.54) is 0 Å². The lowest BCUT2D eigenvalue weighted by Crippen LogP contribution is -2.62. The molecule has 2 aromatic carbocycles. The topological polar surface area (TPSA) is 540 Å². The fourth-order valence-corrected chi connectivity index (χ4v) is 10.4. The largest absolute Gasteiger partial charge is 0.480 e. The number of fused-ring (bicyclic) bond motifs is 1. The second kappa shape index (κ2) is 42.2. The number of carbonyl (C=O) groups is 14. The number of carbonyl (C=O) groups excluding carboxylic acids is 13. The lowest BCUT2D eigenvalue weighted by molar-refractivity contribution is -0.143. The molecule has 12 atom stereocenters. The van der Waals surface area contributed by atoms with E-state index in [0.29, 0.717) is 48.1 Å². The van der Waals surface area contributed by atoms with Crippen molar-refractivity contribution in [3.8, 4) is 0 Å². The summed E-state index contributed by atoms with van der Waals surface area (Å²) in [5.74, 6) is -15.7. The van der Waals surface area contributed by atoms with Crippen LogP contribution in [-0.2, 0) is 80.0 Å². The summed E-state index contributed by atoms with van der Waals surface area (Å²) < 4.78 is 0. The van der Waals surface area contributed by atoms with Gasteiger partial charge in [-0.2, -0.15) is 0 Å². The van der Waals surface area contributed by atoms with Crippen molar-refractivity contribution in [3.63, 3.8) is 0 Å². The Morgan fingerprint density at radius 2 is 0.939 bits per heavy atom. The van der Waals surface area contributed by atoms with Crippen LogP contribution in [0.2, 0.25) is 0 Å². The Kier molecular flexibility index (Phi) is 35.6. The van der Waals surface area contributed by atoms with Crippen molar-refractivity contribution in [2.24, 2.45) is 40.7 Å². The molecule has 0 spiro atoms. The maximum atomic E-state index is 14.4. The lowest BCUT2D eigenvalue weighted by atomic mass is 9.98. The molecule has 32 heteroatoms. The van der Waals surface area contributed by atoms with Gasteiger partial charge in [0, 0.05) is 29.9 Å².